The summed E-state index contributed by atoms with van der Waals surface area (Å²) in [6, 6.07) is 0. The van der Waals surface area contributed by atoms with E-state index in [4.69, 9.17) is 9.47 Å². The molecule has 0 saturated heterocycles. The summed E-state index contributed by atoms with van der Waals surface area (Å²) in [7, 11) is 0. The Labute approximate surface area is 308 Å². The third kappa shape index (κ3) is 6.94. The number of rotatable bonds is 13. The summed E-state index contributed by atoms with van der Waals surface area (Å²) in [5.74, 6) is -0.856. The maximum Gasteiger partial charge on any atom is 0.333 e. The second kappa shape index (κ2) is 15.4. The fourth-order valence-corrected chi connectivity index (χ4v) is 11.8. The molecule has 3 unspecified atom stereocenters. The third-order valence-electron chi connectivity index (χ3n) is 15.5. The Kier molecular flexibility index (Phi) is 12.6. The highest BCUT2D eigenvalue weighted by Gasteiger charge is 2.70. The van der Waals surface area contributed by atoms with Crippen molar-refractivity contribution >= 4 is 11.9 Å². The second-order valence-corrected chi connectivity index (χ2v) is 18.5. The molecule has 4 aliphatic rings. The van der Waals surface area contributed by atoms with Crippen LogP contribution >= 0.6 is 0 Å². The first-order valence-corrected chi connectivity index (χ1v) is 19.7. The van der Waals surface area contributed by atoms with Crippen molar-refractivity contribution in [3.8, 4) is 0 Å². The zero-order valence-electron chi connectivity index (χ0n) is 33.0. The average molecular weight is 715 g/mol. The van der Waals surface area contributed by atoms with Gasteiger partial charge in [-0.1, -0.05) is 72.6 Å². The molecule has 0 aromatic carbocycles. The SMILES string of the molecule is C=CCC1[C@@]2(C=C)CC[C@H](O)[C@](C)(COC(=O)/C(C)=C/C)C2CC[C@@]1(C)[C@@]1(C)CC2CC(C)(C)[C@@H](O)[C@H](O)[C@]2(COC(=O)CCCCC)[C@H](O)C1. The van der Waals surface area contributed by atoms with Crippen molar-refractivity contribution < 1.29 is 39.5 Å². The van der Waals surface area contributed by atoms with Crippen molar-refractivity contribution in [2.75, 3.05) is 13.2 Å². The first-order valence-electron chi connectivity index (χ1n) is 19.7. The van der Waals surface area contributed by atoms with Crippen molar-refractivity contribution in [3.63, 3.8) is 0 Å². The zero-order valence-corrected chi connectivity index (χ0v) is 33.0. The standard InChI is InChI=1S/C43H70O8/c1-11-15-16-18-34(46)50-27-43-29(23-38(6,7)35(47)36(43)48)24-39(8,25-33(43)45)41(10)21-19-30-40(9,26-51-37(49)28(5)13-3)32(44)20-22-42(30,14-4)31(41)17-12-2/h12-14,29-33,35-36,44-45,47-48H,2,4,11,15-27H2,1,3,5-10H3/b28-13+/t29?,30?,31?,32-,33+,35-,36-,39-,40+,41+,42-,43-/m0/s1. The van der Waals surface area contributed by atoms with Gasteiger partial charge in [0.1, 0.15) is 6.61 Å². The number of ether oxygens (including phenoxy) is 2. The fourth-order valence-electron chi connectivity index (χ4n) is 11.8. The van der Waals surface area contributed by atoms with Crippen LogP contribution in [0.25, 0.3) is 0 Å². The molecule has 4 N–H and O–H groups in total. The second-order valence-electron chi connectivity index (χ2n) is 18.5. The van der Waals surface area contributed by atoms with E-state index in [1.807, 2.05) is 26.8 Å². The number of hydrogen-bond acceptors (Lipinski definition) is 8. The predicted molar refractivity (Wildman–Crippen MR) is 200 cm³/mol. The Morgan fingerprint density at radius 3 is 2.16 bits per heavy atom. The normalized spacial score (nSPS) is 43.7. The molecule has 0 radical (unpaired) electrons. The summed E-state index contributed by atoms with van der Waals surface area (Å²) >= 11 is 0. The maximum absolute atomic E-state index is 12.9. The lowest BCUT2D eigenvalue weighted by Crippen LogP contribution is -2.70. The topological polar surface area (TPSA) is 134 Å². The van der Waals surface area contributed by atoms with Crippen molar-refractivity contribution in [2.45, 2.75) is 157 Å². The summed E-state index contributed by atoms with van der Waals surface area (Å²) in [5, 5.41) is 47.3. The van der Waals surface area contributed by atoms with E-state index in [0.717, 1.165) is 38.5 Å². The molecule has 0 aliphatic heterocycles. The molecule has 0 spiro atoms. The van der Waals surface area contributed by atoms with Gasteiger partial charge in [-0.2, -0.15) is 0 Å². The van der Waals surface area contributed by atoms with Crippen LogP contribution in [0.2, 0.25) is 0 Å². The van der Waals surface area contributed by atoms with Crippen LogP contribution in [0.4, 0.5) is 0 Å². The van der Waals surface area contributed by atoms with Crippen LogP contribution in [-0.2, 0) is 19.1 Å². The van der Waals surface area contributed by atoms with Gasteiger partial charge in [0.2, 0.25) is 0 Å². The Hall–Kier alpha value is -2.00. The fraction of sp³-hybridized carbons (Fsp3) is 0.814. The number of fused-ring (bicyclic) bond motifs is 2. The average Bonchev–Trinajstić information content (AvgIpc) is 3.08. The van der Waals surface area contributed by atoms with Crippen LogP contribution in [0.5, 0.6) is 0 Å². The molecule has 51 heavy (non-hydrogen) atoms. The van der Waals surface area contributed by atoms with E-state index in [1.165, 1.54) is 0 Å². The predicted octanol–water partition coefficient (Wildman–Crippen LogP) is 7.48. The molecule has 4 saturated carbocycles. The number of aliphatic hydroxyl groups is 4. The quantitative estimate of drug-likeness (QED) is 0.0668. The Balaban J connectivity index is 1.74. The minimum Gasteiger partial charge on any atom is -0.465 e. The molecule has 8 heteroatoms. The molecule has 4 aliphatic carbocycles. The number of carbonyl (C=O) groups excluding carboxylic acids is 2. The van der Waals surface area contributed by atoms with Crippen molar-refractivity contribution in [2.24, 2.45) is 50.2 Å². The number of carbonyl (C=O) groups is 2. The first-order chi connectivity index (χ1) is 23.8. The Morgan fingerprint density at radius 2 is 1.55 bits per heavy atom. The molecular weight excluding hydrogens is 644 g/mol. The van der Waals surface area contributed by atoms with Crippen LogP contribution in [0.15, 0.2) is 37.0 Å². The smallest absolute Gasteiger partial charge is 0.333 e. The van der Waals surface area contributed by atoms with E-state index < -0.39 is 51.5 Å². The van der Waals surface area contributed by atoms with Gasteiger partial charge >= 0.3 is 11.9 Å². The number of hydrogen-bond donors (Lipinski definition) is 4. The Bertz CT molecular complexity index is 1320. The van der Waals surface area contributed by atoms with Crippen LogP contribution < -0.4 is 0 Å². The molecular formula is C43H70O8. The summed E-state index contributed by atoms with van der Waals surface area (Å²) < 4.78 is 11.8. The largest absolute Gasteiger partial charge is 0.465 e. The van der Waals surface area contributed by atoms with Crippen LogP contribution in [0.3, 0.4) is 0 Å². The molecule has 0 amide bonds. The van der Waals surface area contributed by atoms with Gasteiger partial charge in [-0.15, -0.1) is 13.2 Å². The zero-order chi connectivity index (χ0) is 38.2. The number of allylic oxidation sites excluding steroid dienone is 3. The molecule has 0 heterocycles. The molecule has 4 rings (SSSR count). The van der Waals surface area contributed by atoms with Gasteiger partial charge in [0.25, 0.3) is 0 Å². The molecule has 0 aromatic heterocycles. The summed E-state index contributed by atoms with van der Waals surface area (Å²) in [5.41, 5.74) is -3.06. The number of unbranched alkanes of at least 4 members (excludes halogenated alkanes) is 2. The van der Waals surface area contributed by atoms with Crippen molar-refractivity contribution in [1.82, 2.24) is 0 Å². The molecule has 4 fully saturated rings. The summed E-state index contributed by atoms with van der Waals surface area (Å²) in [4.78, 5) is 25.7. The highest BCUT2D eigenvalue weighted by Crippen LogP contribution is 2.73. The third-order valence-corrected chi connectivity index (χ3v) is 15.5. The summed E-state index contributed by atoms with van der Waals surface area (Å²) in [6.07, 6.45) is 10.0. The lowest BCUT2D eigenvalue weighted by molar-refractivity contribution is -0.275. The molecule has 8 nitrogen and oxygen atoms in total. The highest BCUT2D eigenvalue weighted by molar-refractivity contribution is 5.87. The molecule has 290 valence electrons. The maximum atomic E-state index is 12.9. The number of esters is 2. The van der Waals surface area contributed by atoms with Gasteiger partial charge in [-0.05, 0) is 111 Å². The van der Waals surface area contributed by atoms with E-state index in [9.17, 15) is 30.0 Å². The van der Waals surface area contributed by atoms with Gasteiger partial charge in [-0.25, -0.2) is 4.79 Å². The number of aliphatic hydroxyl groups excluding tert-OH is 4. The van der Waals surface area contributed by atoms with Gasteiger partial charge in [0, 0.05) is 17.4 Å². The molecule has 0 bridgehead atoms. The molecule has 12 atom stereocenters. The minimum atomic E-state index is -1.25. The highest BCUT2D eigenvalue weighted by atomic mass is 16.5. The monoisotopic (exact) mass is 715 g/mol. The van der Waals surface area contributed by atoms with Crippen molar-refractivity contribution in [1.29, 1.82) is 0 Å². The lowest BCUT2D eigenvalue weighted by atomic mass is 9.35. The van der Waals surface area contributed by atoms with Gasteiger partial charge < -0.3 is 29.9 Å². The lowest BCUT2D eigenvalue weighted by Gasteiger charge is -2.70. The van der Waals surface area contributed by atoms with E-state index in [0.29, 0.717) is 44.1 Å². The van der Waals surface area contributed by atoms with E-state index in [1.54, 1.807) is 13.0 Å². The molecule has 0 aromatic rings. The van der Waals surface area contributed by atoms with Crippen LogP contribution in [-0.4, -0.2) is 70.0 Å². The Morgan fingerprint density at radius 1 is 0.863 bits per heavy atom. The van der Waals surface area contributed by atoms with E-state index in [2.05, 4.69) is 46.9 Å². The van der Waals surface area contributed by atoms with E-state index in [-0.39, 0.29) is 48.3 Å². The van der Waals surface area contributed by atoms with Crippen LogP contribution in [0, 0.1) is 50.2 Å². The van der Waals surface area contributed by atoms with Gasteiger partial charge in [-0.3, -0.25) is 4.79 Å². The van der Waals surface area contributed by atoms with Crippen LogP contribution in [0.1, 0.15) is 132 Å². The summed E-state index contributed by atoms with van der Waals surface area (Å²) in [6.45, 7) is 24.9. The van der Waals surface area contributed by atoms with Gasteiger partial charge in [0.05, 0.1) is 36.4 Å². The minimum absolute atomic E-state index is 0.00287. The van der Waals surface area contributed by atoms with Crippen molar-refractivity contribution in [3.05, 3.63) is 37.0 Å². The van der Waals surface area contributed by atoms with E-state index >= 15 is 0 Å². The van der Waals surface area contributed by atoms with Gasteiger partial charge in [0.15, 0.2) is 0 Å². The first kappa shape index (κ1) is 41.8.